The van der Waals surface area contributed by atoms with E-state index in [0.717, 1.165) is 0 Å². The molecule has 3 aliphatic rings. The Bertz CT molecular complexity index is 1120. The van der Waals surface area contributed by atoms with Gasteiger partial charge in [0.1, 0.15) is 6.10 Å². The largest absolute Gasteiger partial charge is 0.451 e. The predicted molar refractivity (Wildman–Crippen MR) is 133 cm³/mol. The third-order valence-electron chi connectivity index (χ3n) is 9.16. The Balaban J connectivity index is 1.91. The summed E-state index contributed by atoms with van der Waals surface area (Å²) in [7, 11) is 0. The minimum atomic E-state index is -2.19. The summed E-state index contributed by atoms with van der Waals surface area (Å²) in [5, 5.41) is 34.4. The van der Waals surface area contributed by atoms with E-state index in [2.05, 4.69) is 6.92 Å². The van der Waals surface area contributed by atoms with Gasteiger partial charge in [-0.1, -0.05) is 63.6 Å². The van der Waals surface area contributed by atoms with Crippen molar-refractivity contribution in [2.24, 2.45) is 28.6 Å². The quantitative estimate of drug-likeness (QED) is 0.426. The van der Waals surface area contributed by atoms with Gasteiger partial charge >= 0.3 is 5.97 Å². The molecule has 0 aromatic heterocycles. The number of aliphatic hydroxyl groups excluding tert-OH is 2. The van der Waals surface area contributed by atoms with E-state index < -0.39 is 47.1 Å². The van der Waals surface area contributed by atoms with E-state index in [-0.39, 0.29) is 33.8 Å². The highest BCUT2D eigenvalue weighted by Crippen LogP contribution is 2.62. The van der Waals surface area contributed by atoms with Crippen molar-refractivity contribution in [2.45, 2.75) is 65.8 Å². The van der Waals surface area contributed by atoms with Gasteiger partial charge in [0.15, 0.2) is 17.5 Å². The number of Topliss-reactive ketones (excluding diaryl/α,β-unsaturated/α-hetero) is 1. The second-order valence-corrected chi connectivity index (χ2v) is 11.7. The lowest BCUT2D eigenvalue weighted by Gasteiger charge is -2.48. The predicted octanol–water partition coefficient (Wildman–Crippen LogP) is 4.03. The van der Waals surface area contributed by atoms with Gasteiger partial charge in [-0.3, -0.25) is 4.79 Å². The van der Waals surface area contributed by atoms with Gasteiger partial charge < -0.3 is 20.1 Å². The number of carbonyl (C=O) groups excluding carboxylic acids is 2. The first-order chi connectivity index (χ1) is 16.2. The van der Waals surface area contributed by atoms with Crippen molar-refractivity contribution in [1.29, 1.82) is 0 Å². The molecule has 1 saturated carbocycles. The molecular formula is C28H35ClO6. The lowest BCUT2D eigenvalue weighted by molar-refractivity contribution is -0.190. The topological polar surface area (TPSA) is 104 Å². The number of halogens is 1. The zero-order valence-electron chi connectivity index (χ0n) is 21.1. The Hall–Kier alpha value is -1.99. The van der Waals surface area contributed by atoms with E-state index in [1.165, 1.54) is 0 Å². The van der Waals surface area contributed by atoms with Crippen molar-refractivity contribution >= 4 is 23.4 Å². The Morgan fingerprint density at radius 3 is 2.46 bits per heavy atom. The summed E-state index contributed by atoms with van der Waals surface area (Å²) in [5.41, 5.74) is -2.77. The van der Waals surface area contributed by atoms with Gasteiger partial charge in [0, 0.05) is 5.92 Å². The maximum atomic E-state index is 14.4. The molecule has 190 valence electrons. The van der Waals surface area contributed by atoms with Crippen LogP contribution in [0.3, 0.4) is 0 Å². The number of ketones is 1. The van der Waals surface area contributed by atoms with E-state index in [9.17, 15) is 24.9 Å². The molecule has 35 heavy (non-hydrogen) atoms. The van der Waals surface area contributed by atoms with Gasteiger partial charge in [-0.15, -0.1) is 0 Å². The summed E-state index contributed by atoms with van der Waals surface area (Å²) in [4.78, 5) is 27.7. The second-order valence-electron chi connectivity index (χ2n) is 11.3. The van der Waals surface area contributed by atoms with Crippen LogP contribution in [0, 0.1) is 35.5 Å². The number of benzene rings is 1. The smallest absolute Gasteiger partial charge is 0.340 e. The van der Waals surface area contributed by atoms with Crippen LogP contribution in [-0.4, -0.2) is 51.5 Å². The van der Waals surface area contributed by atoms with Crippen LogP contribution in [0.1, 0.15) is 57.0 Å². The minimum Gasteiger partial charge on any atom is -0.451 e. The number of hydrogen-bond donors (Lipinski definition) is 3. The maximum Gasteiger partial charge on any atom is 0.340 e. The number of ether oxygens (including phenoxy) is 1. The number of esters is 1. The van der Waals surface area contributed by atoms with Crippen molar-refractivity contribution in [3.05, 3.63) is 57.6 Å². The molecule has 4 rings (SSSR count). The monoisotopic (exact) mass is 502 g/mol. The summed E-state index contributed by atoms with van der Waals surface area (Å²) in [6.45, 7) is 10.9. The average Bonchev–Trinajstić information content (AvgIpc) is 2.95. The molecule has 1 fully saturated rings. The lowest BCUT2D eigenvalue weighted by atomic mass is 9.59. The fourth-order valence-electron chi connectivity index (χ4n) is 6.71. The molecule has 6 nitrogen and oxygen atoms in total. The molecule has 2 bridgehead atoms. The van der Waals surface area contributed by atoms with Gasteiger partial charge in [0.05, 0.1) is 22.6 Å². The SMILES string of the molecule is CC1=CC23C(=O)[C@@H](C=C(CO)[C@@H](O)[C@]2(O)[C@H]1OC(=O)c1c(C)cccc1Cl)C(C)(C)[C@@H](C)CC3C. The molecule has 1 aromatic rings. The Morgan fingerprint density at radius 2 is 1.86 bits per heavy atom. The number of fused-ring (bicyclic) bond motifs is 1. The Kier molecular flexibility index (Phi) is 6.37. The van der Waals surface area contributed by atoms with E-state index in [0.29, 0.717) is 17.6 Å². The van der Waals surface area contributed by atoms with E-state index in [1.807, 2.05) is 20.8 Å². The molecule has 0 heterocycles. The van der Waals surface area contributed by atoms with Crippen LogP contribution < -0.4 is 0 Å². The molecule has 1 aromatic carbocycles. The average molecular weight is 503 g/mol. The fourth-order valence-corrected chi connectivity index (χ4v) is 7.01. The molecular weight excluding hydrogens is 468 g/mol. The molecule has 3 aliphatic carbocycles. The van der Waals surface area contributed by atoms with Crippen LogP contribution in [0.5, 0.6) is 0 Å². The minimum absolute atomic E-state index is 0.114. The first kappa shape index (κ1) is 26.1. The summed E-state index contributed by atoms with van der Waals surface area (Å²) in [6, 6.07) is 5.03. The van der Waals surface area contributed by atoms with Gasteiger partial charge in [0.2, 0.25) is 0 Å². The fraction of sp³-hybridized carbons (Fsp3) is 0.571. The van der Waals surface area contributed by atoms with Crippen molar-refractivity contribution in [1.82, 2.24) is 0 Å². The zero-order chi connectivity index (χ0) is 26.1. The van der Waals surface area contributed by atoms with Crippen LogP contribution in [-0.2, 0) is 9.53 Å². The van der Waals surface area contributed by atoms with Gasteiger partial charge in [-0.2, -0.15) is 0 Å². The molecule has 7 atom stereocenters. The van der Waals surface area contributed by atoms with Crippen LogP contribution in [0.4, 0.5) is 0 Å². The number of hydrogen-bond acceptors (Lipinski definition) is 6. The first-order valence-corrected chi connectivity index (χ1v) is 12.5. The van der Waals surface area contributed by atoms with Crippen molar-refractivity contribution < 1.29 is 29.6 Å². The summed E-state index contributed by atoms with van der Waals surface area (Å²) < 4.78 is 5.90. The molecule has 0 aliphatic heterocycles. The highest BCUT2D eigenvalue weighted by atomic mass is 35.5. The van der Waals surface area contributed by atoms with Crippen molar-refractivity contribution in [3.8, 4) is 0 Å². The number of carbonyl (C=O) groups is 2. The standard InChI is InChI=1S/C28H35ClO6/c1-14-8-7-9-20(29)21(14)25(33)35-24-15(2)12-27-17(4)10-16(3)26(5,6)19(23(27)32)11-18(13-30)22(31)28(24,27)34/h7-9,11-12,16-17,19,22,24,30-31,34H,10,13H2,1-6H3/t16-,17?,19+,22+,24-,27?,28-/m0/s1. The molecule has 1 spiro atoms. The van der Waals surface area contributed by atoms with Gasteiger partial charge in [-0.25, -0.2) is 4.79 Å². The number of rotatable bonds is 3. The van der Waals surface area contributed by atoms with Crippen LogP contribution in [0.2, 0.25) is 5.02 Å². The Morgan fingerprint density at radius 1 is 1.20 bits per heavy atom. The van der Waals surface area contributed by atoms with Gasteiger partial charge in [0.25, 0.3) is 0 Å². The highest BCUT2D eigenvalue weighted by molar-refractivity contribution is 6.33. The summed E-state index contributed by atoms with van der Waals surface area (Å²) in [6.07, 6.45) is 1.03. The van der Waals surface area contributed by atoms with Crippen molar-refractivity contribution in [2.75, 3.05) is 6.61 Å². The summed E-state index contributed by atoms with van der Waals surface area (Å²) in [5.74, 6) is -1.86. The zero-order valence-corrected chi connectivity index (χ0v) is 21.9. The van der Waals surface area contributed by atoms with E-state index in [4.69, 9.17) is 16.3 Å². The normalized spacial score (nSPS) is 38.1. The number of aliphatic hydroxyl groups is 3. The van der Waals surface area contributed by atoms with Crippen LogP contribution >= 0.6 is 11.6 Å². The summed E-state index contributed by atoms with van der Waals surface area (Å²) >= 11 is 6.29. The molecule has 2 unspecified atom stereocenters. The van der Waals surface area contributed by atoms with E-state index in [1.54, 1.807) is 44.2 Å². The number of aryl methyl sites for hydroxylation is 1. The third kappa shape index (κ3) is 3.41. The van der Waals surface area contributed by atoms with Crippen LogP contribution in [0.25, 0.3) is 0 Å². The van der Waals surface area contributed by atoms with Crippen molar-refractivity contribution in [3.63, 3.8) is 0 Å². The third-order valence-corrected chi connectivity index (χ3v) is 9.47. The Labute approximate surface area is 211 Å². The molecule has 3 N–H and O–H groups in total. The molecule has 7 heteroatoms. The molecule has 0 radical (unpaired) electrons. The maximum absolute atomic E-state index is 14.4. The lowest BCUT2D eigenvalue weighted by Crippen LogP contribution is -2.65. The molecule has 0 amide bonds. The second kappa shape index (κ2) is 8.55. The van der Waals surface area contributed by atoms with E-state index >= 15 is 0 Å². The molecule has 0 saturated heterocycles. The first-order valence-electron chi connectivity index (χ1n) is 12.2. The van der Waals surface area contributed by atoms with Crippen LogP contribution in [0.15, 0.2) is 41.5 Å². The highest BCUT2D eigenvalue weighted by Gasteiger charge is 2.73. The van der Waals surface area contributed by atoms with Gasteiger partial charge in [-0.05, 0) is 60.3 Å². The number of allylic oxidation sites excluding steroid dienone is 1.